The minimum absolute atomic E-state index is 0.369. The van der Waals surface area contributed by atoms with Crippen LogP contribution < -0.4 is 0 Å². The molecule has 0 bridgehead atoms. The Hall–Kier alpha value is -0.300. The second-order valence-corrected chi connectivity index (χ2v) is 5.32. The second-order valence-electron chi connectivity index (χ2n) is 5.32. The van der Waals surface area contributed by atoms with Gasteiger partial charge in [-0.3, -0.25) is 0 Å². The van der Waals surface area contributed by atoms with E-state index >= 15 is 0 Å². The van der Waals surface area contributed by atoms with Crippen LogP contribution in [0.5, 0.6) is 0 Å². The van der Waals surface area contributed by atoms with Gasteiger partial charge < -0.3 is 5.11 Å². The Labute approximate surface area is 115 Å². The minimum Gasteiger partial charge on any atom is -0.396 e. The van der Waals surface area contributed by atoms with Gasteiger partial charge in [-0.15, -0.1) is 0 Å². The van der Waals surface area contributed by atoms with Crippen LogP contribution in [0.1, 0.15) is 90.4 Å². The molecular weight excluding hydrogens is 220 g/mol. The summed E-state index contributed by atoms with van der Waals surface area (Å²) in [7, 11) is 0. The molecule has 0 fully saturated rings. The molecule has 0 radical (unpaired) electrons. The van der Waals surface area contributed by atoms with E-state index in [1.54, 1.807) is 0 Å². The maximum Gasteiger partial charge on any atom is 0.0431 e. The van der Waals surface area contributed by atoms with Crippen LogP contribution in [-0.4, -0.2) is 11.7 Å². The number of hydrogen-bond donors (Lipinski definition) is 1. The van der Waals surface area contributed by atoms with Gasteiger partial charge in [0.15, 0.2) is 0 Å². The van der Waals surface area contributed by atoms with Gasteiger partial charge in [0.2, 0.25) is 0 Å². The second kappa shape index (κ2) is 16.7. The lowest BCUT2D eigenvalue weighted by Gasteiger charge is -2.02. The first kappa shape index (κ1) is 17.7. The summed E-state index contributed by atoms with van der Waals surface area (Å²) in [5.74, 6) is 0. The smallest absolute Gasteiger partial charge is 0.0431 e. The highest BCUT2D eigenvalue weighted by atomic mass is 16.2. The number of aliphatic hydroxyl groups excluding tert-OH is 1. The van der Waals surface area contributed by atoms with Crippen molar-refractivity contribution in [1.82, 2.24) is 0 Å². The highest BCUT2D eigenvalue weighted by Gasteiger charge is 1.93. The molecule has 1 nitrogen and oxygen atoms in total. The highest BCUT2D eigenvalue weighted by molar-refractivity contribution is 4.76. The Kier molecular flexibility index (Phi) is 16.4. The first-order chi connectivity index (χ1) is 8.91. The summed E-state index contributed by atoms with van der Waals surface area (Å²) in [5.41, 5.74) is 0. The van der Waals surface area contributed by atoms with E-state index in [4.69, 9.17) is 5.11 Å². The van der Waals surface area contributed by atoms with Gasteiger partial charge in [-0.05, 0) is 26.2 Å². The van der Waals surface area contributed by atoms with Crippen molar-refractivity contribution in [3.05, 3.63) is 12.2 Å². The molecule has 0 amide bonds. The van der Waals surface area contributed by atoms with Gasteiger partial charge in [0.05, 0.1) is 0 Å². The fourth-order valence-corrected chi connectivity index (χ4v) is 2.31. The topological polar surface area (TPSA) is 20.2 Å². The van der Waals surface area contributed by atoms with E-state index in [1.165, 1.54) is 77.0 Å². The molecule has 0 saturated heterocycles. The molecule has 0 rings (SSSR count). The lowest BCUT2D eigenvalue weighted by Crippen LogP contribution is -1.84. The molecular formula is C17H34O. The van der Waals surface area contributed by atoms with Crippen LogP contribution in [0, 0.1) is 0 Å². The normalized spacial score (nSPS) is 11.4. The van der Waals surface area contributed by atoms with E-state index in [2.05, 4.69) is 19.1 Å². The van der Waals surface area contributed by atoms with Crippen molar-refractivity contribution in [2.24, 2.45) is 0 Å². The minimum atomic E-state index is 0.369. The van der Waals surface area contributed by atoms with Crippen molar-refractivity contribution < 1.29 is 5.11 Å². The van der Waals surface area contributed by atoms with Crippen LogP contribution in [0.2, 0.25) is 0 Å². The third-order valence-electron chi connectivity index (χ3n) is 3.51. The molecule has 0 aliphatic rings. The molecule has 1 N–H and O–H groups in total. The van der Waals surface area contributed by atoms with Crippen LogP contribution in [0.15, 0.2) is 12.2 Å². The predicted molar refractivity (Wildman–Crippen MR) is 81.9 cm³/mol. The zero-order valence-electron chi connectivity index (χ0n) is 12.5. The fourth-order valence-electron chi connectivity index (χ4n) is 2.31. The highest BCUT2D eigenvalue weighted by Crippen LogP contribution is 2.12. The summed E-state index contributed by atoms with van der Waals surface area (Å²) in [4.78, 5) is 0. The van der Waals surface area contributed by atoms with Gasteiger partial charge in [-0.2, -0.15) is 0 Å². The van der Waals surface area contributed by atoms with E-state index in [0.717, 1.165) is 6.42 Å². The summed E-state index contributed by atoms with van der Waals surface area (Å²) in [6, 6.07) is 0. The number of allylic oxidation sites excluding steroid dienone is 2. The molecule has 0 aromatic carbocycles. The molecule has 0 aromatic rings. The van der Waals surface area contributed by atoms with Crippen molar-refractivity contribution in [1.29, 1.82) is 0 Å². The Morgan fingerprint density at radius 2 is 1.00 bits per heavy atom. The maximum absolute atomic E-state index is 8.65. The van der Waals surface area contributed by atoms with Crippen molar-refractivity contribution >= 4 is 0 Å². The number of rotatable bonds is 14. The van der Waals surface area contributed by atoms with E-state index in [1.807, 2.05) is 0 Å². The fraction of sp³-hybridized carbons (Fsp3) is 0.882. The largest absolute Gasteiger partial charge is 0.396 e. The van der Waals surface area contributed by atoms with Gasteiger partial charge in [0, 0.05) is 6.61 Å². The molecule has 0 aliphatic heterocycles. The van der Waals surface area contributed by atoms with E-state index in [0.29, 0.717) is 6.61 Å². The average Bonchev–Trinajstić information content (AvgIpc) is 2.39. The Bertz CT molecular complexity index is 163. The number of aliphatic hydroxyl groups is 1. The maximum atomic E-state index is 8.65. The molecule has 0 aliphatic carbocycles. The third kappa shape index (κ3) is 15.7. The predicted octanol–water partition coefficient (Wildman–Crippen LogP) is 5.63. The SMILES string of the molecule is C/C=C\CCCCCCCCCCCCCCO. The lowest BCUT2D eigenvalue weighted by molar-refractivity contribution is 0.282. The first-order valence-electron chi connectivity index (χ1n) is 8.14. The van der Waals surface area contributed by atoms with Gasteiger partial charge in [0.1, 0.15) is 0 Å². The van der Waals surface area contributed by atoms with E-state index < -0.39 is 0 Å². The van der Waals surface area contributed by atoms with Crippen LogP contribution in [-0.2, 0) is 0 Å². The zero-order valence-corrected chi connectivity index (χ0v) is 12.5. The van der Waals surface area contributed by atoms with E-state index in [9.17, 15) is 0 Å². The van der Waals surface area contributed by atoms with Crippen LogP contribution in [0.4, 0.5) is 0 Å². The van der Waals surface area contributed by atoms with Crippen molar-refractivity contribution in [3.8, 4) is 0 Å². The molecule has 0 atom stereocenters. The molecule has 0 spiro atoms. The number of hydrogen-bond acceptors (Lipinski definition) is 1. The molecule has 0 aromatic heterocycles. The Morgan fingerprint density at radius 3 is 1.39 bits per heavy atom. The molecule has 1 heteroatoms. The summed E-state index contributed by atoms with van der Waals surface area (Å²) >= 11 is 0. The van der Waals surface area contributed by atoms with Crippen LogP contribution >= 0.6 is 0 Å². The first-order valence-corrected chi connectivity index (χ1v) is 8.14. The molecule has 108 valence electrons. The molecule has 0 saturated carbocycles. The third-order valence-corrected chi connectivity index (χ3v) is 3.51. The van der Waals surface area contributed by atoms with Gasteiger partial charge >= 0.3 is 0 Å². The Balaban J connectivity index is 2.90. The summed E-state index contributed by atoms with van der Waals surface area (Å²) in [6.45, 7) is 2.47. The average molecular weight is 254 g/mol. The van der Waals surface area contributed by atoms with Gasteiger partial charge in [-0.1, -0.05) is 76.4 Å². The monoisotopic (exact) mass is 254 g/mol. The molecule has 18 heavy (non-hydrogen) atoms. The standard InChI is InChI=1S/C17H34O/c1-2-3-4-5-6-7-8-9-10-11-12-13-14-15-16-17-18/h2-3,18H,4-17H2,1H3/b3-2-. The van der Waals surface area contributed by atoms with Gasteiger partial charge in [0.25, 0.3) is 0 Å². The Morgan fingerprint density at radius 1 is 0.611 bits per heavy atom. The summed E-state index contributed by atoms with van der Waals surface area (Å²) < 4.78 is 0. The van der Waals surface area contributed by atoms with Crippen LogP contribution in [0.25, 0.3) is 0 Å². The van der Waals surface area contributed by atoms with E-state index in [-0.39, 0.29) is 0 Å². The molecule has 0 heterocycles. The van der Waals surface area contributed by atoms with Crippen molar-refractivity contribution in [2.75, 3.05) is 6.61 Å². The van der Waals surface area contributed by atoms with Crippen LogP contribution in [0.3, 0.4) is 0 Å². The number of unbranched alkanes of at least 4 members (excludes halogenated alkanes) is 12. The summed E-state index contributed by atoms with van der Waals surface area (Å²) in [5, 5.41) is 8.65. The lowest BCUT2D eigenvalue weighted by atomic mass is 10.0. The van der Waals surface area contributed by atoms with Crippen molar-refractivity contribution in [2.45, 2.75) is 90.4 Å². The molecule has 0 unspecified atom stereocenters. The van der Waals surface area contributed by atoms with Gasteiger partial charge in [-0.25, -0.2) is 0 Å². The summed E-state index contributed by atoms with van der Waals surface area (Å²) in [6.07, 6.45) is 21.9. The van der Waals surface area contributed by atoms with Crippen molar-refractivity contribution in [3.63, 3.8) is 0 Å². The quantitative estimate of drug-likeness (QED) is 0.315. The zero-order chi connectivity index (χ0) is 13.3.